The van der Waals surface area contributed by atoms with Gasteiger partial charge in [-0.05, 0) is 56.2 Å². The highest BCUT2D eigenvalue weighted by Gasteiger charge is 2.39. The van der Waals surface area contributed by atoms with E-state index in [0.717, 1.165) is 0 Å². The average Bonchev–Trinajstić information content (AvgIpc) is 3.18. The minimum atomic E-state index is -3.87. The zero-order valence-electron chi connectivity index (χ0n) is 15.2. The first-order chi connectivity index (χ1) is 12.8. The highest BCUT2D eigenvalue weighted by atomic mass is 32.2. The van der Waals surface area contributed by atoms with Crippen LogP contribution in [0.1, 0.15) is 40.5 Å². The molecule has 27 heavy (non-hydrogen) atoms. The summed E-state index contributed by atoms with van der Waals surface area (Å²) in [6.45, 7) is 1.66. The quantitative estimate of drug-likeness (QED) is 0.712. The topological polar surface area (TPSA) is 80.8 Å². The number of methoxy groups -OCH3 is 1. The molecule has 2 aromatic carbocycles. The predicted octanol–water partition coefficient (Wildman–Crippen LogP) is 2.93. The van der Waals surface area contributed by atoms with Gasteiger partial charge in [0.25, 0.3) is 0 Å². The molecule has 0 N–H and O–H groups in total. The zero-order chi connectivity index (χ0) is 19.6. The Kier molecular flexibility index (Phi) is 5.43. The van der Waals surface area contributed by atoms with Gasteiger partial charge in [0, 0.05) is 17.7 Å². The Balaban J connectivity index is 1.91. The lowest BCUT2D eigenvalue weighted by molar-refractivity contribution is 0.0917. The minimum Gasteiger partial charge on any atom is -0.497 e. The molecule has 142 valence electrons. The van der Waals surface area contributed by atoms with E-state index in [4.69, 9.17) is 4.74 Å². The summed E-state index contributed by atoms with van der Waals surface area (Å²) in [5.41, 5.74) is 0.772. The second kappa shape index (κ2) is 7.62. The van der Waals surface area contributed by atoms with E-state index in [2.05, 4.69) is 0 Å². The molecule has 1 unspecified atom stereocenters. The van der Waals surface area contributed by atoms with Crippen molar-refractivity contribution < 1.29 is 22.7 Å². The number of benzene rings is 2. The highest BCUT2D eigenvalue weighted by molar-refractivity contribution is 7.89. The van der Waals surface area contributed by atoms with Crippen molar-refractivity contribution >= 4 is 21.6 Å². The SMILES string of the molecule is COc1ccc(C(=O)C2CCCN2S(=O)(=O)c2cccc(C(C)=O)c2)cc1. The summed E-state index contributed by atoms with van der Waals surface area (Å²) in [7, 11) is -2.34. The third-order valence-electron chi connectivity index (χ3n) is 4.73. The number of ketones is 2. The van der Waals surface area contributed by atoms with Crippen LogP contribution in [0.5, 0.6) is 5.75 Å². The first-order valence-corrected chi connectivity index (χ1v) is 10.1. The van der Waals surface area contributed by atoms with Crippen LogP contribution in [0.3, 0.4) is 0 Å². The predicted molar refractivity (Wildman–Crippen MR) is 101 cm³/mol. The normalized spacial score (nSPS) is 17.6. The van der Waals surface area contributed by atoms with Crippen LogP contribution in [0, 0.1) is 0 Å². The number of Topliss-reactive ketones (excluding diaryl/α,β-unsaturated/α-hetero) is 2. The molecule has 0 aromatic heterocycles. The Hall–Kier alpha value is -2.51. The molecule has 3 rings (SSSR count). The Morgan fingerprint density at radius 1 is 1.07 bits per heavy atom. The first-order valence-electron chi connectivity index (χ1n) is 8.65. The van der Waals surface area contributed by atoms with Gasteiger partial charge in [0.2, 0.25) is 10.0 Å². The van der Waals surface area contributed by atoms with Crippen molar-refractivity contribution in [2.75, 3.05) is 13.7 Å². The zero-order valence-corrected chi connectivity index (χ0v) is 16.0. The Morgan fingerprint density at radius 3 is 2.41 bits per heavy atom. The largest absolute Gasteiger partial charge is 0.497 e. The monoisotopic (exact) mass is 387 g/mol. The summed E-state index contributed by atoms with van der Waals surface area (Å²) in [5.74, 6) is 0.185. The van der Waals surface area contributed by atoms with Crippen LogP contribution in [-0.4, -0.2) is 44.0 Å². The van der Waals surface area contributed by atoms with Gasteiger partial charge in [-0.25, -0.2) is 8.42 Å². The van der Waals surface area contributed by atoms with E-state index in [-0.39, 0.29) is 23.0 Å². The van der Waals surface area contributed by atoms with Gasteiger partial charge >= 0.3 is 0 Å². The lowest BCUT2D eigenvalue weighted by atomic mass is 10.0. The number of carbonyl (C=O) groups is 2. The second-order valence-corrected chi connectivity index (χ2v) is 8.34. The Morgan fingerprint density at radius 2 is 1.78 bits per heavy atom. The van der Waals surface area contributed by atoms with E-state index >= 15 is 0 Å². The number of rotatable bonds is 6. The molecule has 0 amide bonds. The summed E-state index contributed by atoms with van der Waals surface area (Å²) >= 11 is 0. The van der Waals surface area contributed by atoms with Crippen LogP contribution in [0.15, 0.2) is 53.4 Å². The standard InChI is InChI=1S/C20H21NO5S/c1-14(22)16-5-3-6-18(13-16)27(24,25)21-12-4-7-19(21)20(23)15-8-10-17(26-2)11-9-15/h3,5-6,8-11,13,19H,4,7,12H2,1-2H3. The Bertz CT molecular complexity index is 966. The average molecular weight is 387 g/mol. The van der Waals surface area contributed by atoms with Gasteiger partial charge in [0.15, 0.2) is 11.6 Å². The third-order valence-corrected chi connectivity index (χ3v) is 6.63. The van der Waals surface area contributed by atoms with Crippen molar-refractivity contribution in [1.82, 2.24) is 4.31 Å². The molecular formula is C20H21NO5S. The lowest BCUT2D eigenvalue weighted by Gasteiger charge is -2.23. The summed E-state index contributed by atoms with van der Waals surface area (Å²) < 4.78 is 32.5. The van der Waals surface area contributed by atoms with Crippen LogP contribution < -0.4 is 4.74 Å². The van der Waals surface area contributed by atoms with Gasteiger partial charge in [-0.1, -0.05) is 12.1 Å². The van der Waals surface area contributed by atoms with Crippen LogP contribution in [0.2, 0.25) is 0 Å². The molecule has 1 atom stereocenters. The highest BCUT2D eigenvalue weighted by Crippen LogP contribution is 2.29. The molecule has 1 saturated heterocycles. The van der Waals surface area contributed by atoms with Crippen molar-refractivity contribution in [3.8, 4) is 5.75 Å². The molecule has 1 aliphatic heterocycles. The molecule has 0 radical (unpaired) electrons. The van der Waals surface area contributed by atoms with Gasteiger partial charge in [-0.15, -0.1) is 0 Å². The molecule has 0 aliphatic carbocycles. The third kappa shape index (κ3) is 3.79. The molecule has 2 aromatic rings. The Labute approximate surface area is 158 Å². The molecular weight excluding hydrogens is 366 g/mol. The fourth-order valence-corrected chi connectivity index (χ4v) is 4.95. The van der Waals surface area contributed by atoms with Crippen molar-refractivity contribution in [1.29, 1.82) is 0 Å². The van der Waals surface area contributed by atoms with Crippen molar-refractivity contribution in [3.63, 3.8) is 0 Å². The molecule has 7 heteroatoms. The maximum Gasteiger partial charge on any atom is 0.243 e. The van der Waals surface area contributed by atoms with Crippen molar-refractivity contribution in [2.45, 2.75) is 30.7 Å². The smallest absolute Gasteiger partial charge is 0.243 e. The first kappa shape index (κ1) is 19.3. The van der Waals surface area contributed by atoms with E-state index in [9.17, 15) is 18.0 Å². The maximum absolute atomic E-state index is 13.1. The number of hydrogen-bond donors (Lipinski definition) is 0. The molecule has 1 fully saturated rings. The fraction of sp³-hybridized carbons (Fsp3) is 0.300. The van der Waals surface area contributed by atoms with Crippen molar-refractivity contribution in [2.24, 2.45) is 0 Å². The van der Waals surface area contributed by atoms with Crippen LogP contribution in [0.4, 0.5) is 0 Å². The number of carbonyl (C=O) groups excluding carboxylic acids is 2. The van der Waals surface area contributed by atoms with Gasteiger partial charge in [0.1, 0.15) is 5.75 Å². The van der Waals surface area contributed by atoms with E-state index in [0.29, 0.717) is 29.7 Å². The number of nitrogens with zero attached hydrogens (tertiary/aromatic N) is 1. The minimum absolute atomic E-state index is 0.0321. The summed E-state index contributed by atoms with van der Waals surface area (Å²) in [6, 6.07) is 11.8. The number of hydrogen-bond acceptors (Lipinski definition) is 5. The fourth-order valence-electron chi connectivity index (χ4n) is 3.25. The summed E-state index contributed by atoms with van der Waals surface area (Å²) in [4.78, 5) is 24.5. The molecule has 6 nitrogen and oxygen atoms in total. The van der Waals surface area contributed by atoms with Gasteiger partial charge in [-0.2, -0.15) is 4.31 Å². The molecule has 1 aliphatic rings. The van der Waals surface area contributed by atoms with E-state index in [1.165, 1.54) is 30.5 Å². The second-order valence-electron chi connectivity index (χ2n) is 6.45. The number of sulfonamides is 1. The van der Waals surface area contributed by atoms with E-state index < -0.39 is 16.1 Å². The van der Waals surface area contributed by atoms with Crippen LogP contribution in [0.25, 0.3) is 0 Å². The van der Waals surface area contributed by atoms with Gasteiger partial charge < -0.3 is 4.74 Å². The van der Waals surface area contributed by atoms with Crippen LogP contribution in [-0.2, 0) is 10.0 Å². The van der Waals surface area contributed by atoms with Gasteiger partial charge in [-0.3, -0.25) is 9.59 Å². The summed E-state index contributed by atoms with van der Waals surface area (Å²) in [6.07, 6.45) is 1.08. The number of ether oxygens (including phenoxy) is 1. The van der Waals surface area contributed by atoms with E-state index in [1.54, 1.807) is 36.4 Å². The van der Waals surface area contributed by atoms with Crippen molar-refractivity contribution in [3.05, 3.63) is 59.7 Å². The van der Waals surface area contributed by atoms with Crippen LogP contribution >= 0.6 is 0 Å². The molecule has 0 saturated carbocycles. The lowest BCUT2D eigenvalue weighted by Crippen LogP contribution is -2.40. The molecule has 1 heterocycles. The maximum atomic E-state index is 13.1. The van der Waals surface area contributed by atoms with E-state index in [1.807, 2.05) is 0 Å². The molecule has 0 bridgehead atoms. The summed E-state index contributed by atoms with van der Waals surface area (Å²) in [5, 5.41) is 0. The molecule has 0 spiro atoms. The van der Waals surface area contributed by atoms with Gasteiger partial charge in [0.05, 0.1) is 18.0 Å².